The van der Waals surface area contributed by atoms with Crippen molar-refractivity contribution in [1.29, 1.82) is 0 Å². The summed E-state index contributed by atoms with van der Waals surface area (Å²) in [6, 6.07) is 0.870. The van der Waals surface area contributed by atoms with E-state index in [1.54, 1.807) is 0 Å². The molecule has 3 heteroatoms. The van der Waals surface area contributed by atoms with E-state index in [1.807, 2.05) is 0 Å². The molecule has 0 aliphatic carbocycles. The number of nitrogens with zero attached hydrogens (tertiary/aromatic N) is 2. The van der Waals surface area contributed by atoms with Gasteiger partial charge in [-0.3, -0.25) is 9.80 Å². The second kappa shape index (κ2) is 4.40. The summed E-state index contributed by atoms with van der Waals surface area (Å²) in [6.45, 7) is 6.58. The zero-order chi connectivity index (χ0) is 10.1. The molecule has 1 N–H and O–H groups in total. The highest BCUT2D eigenvalue weighted by Gasteiger charge is 2.33. The van der Waals surface area contributed by atoms with Crippen LogP contribution < -0.4 is 5.32 Å². The van der Waals surface area contributed by atoms with E-state index in [0.29, 0.717) is 6.17 Å². The van der Waals surface area contributed by atoms with Crippen molar-refractivity contribution in [2.24, 2.45) is 0 Å². The highest BCUT2D eigenvalue weighted by atomic mass is 15.3. The molecule has 3 heterocycles. The summed E-state index contributed by atoms with van der Waals surface area (Å²) < 4.78 is 0. The number of hydrogen-bond donors (Lipinski definition) is 1. The zero-order valence-electron chi connectivity index (χ0n) is 9.62. The minimum absolute atomic E-state index is 0.706. The molecule has 0 radical (unpaired) electrons. The molecule has 2 atom stereocenters. The lowest BCUT2D eigenvalue weighted by atomic mass is 10.2. The van der Waals surface area contributed by atoms with Gasteiger partial charge in [0, 0.05) is 19.1 Å². The maximum absolute atomic E-state index is 3.62. The van der Waals surface area contributed by atoms with E-state index < -0.39 is 0 Å². The number of rotatable bonds is 2. The van der Waals surface area contributed by atoms with Crippen molar-refractivity contribution >= 4 is 0 Å². The average molecular weight is 209 g/mol. The van der Waals surface area contributed by atoms with Crippen LogP contribution in [0.1, 0.15) is 32.1 Å². The third-order valence-corrected chi connectivity index (χ3v) is 4.33. The fraction of sp³-hybridized carbons (Fsp3) is 1.00. The van der Waals surface area contributed by atoms with Gasteiger partial charge in [-0.2, -0.15) is 0 Å². The first-order valence-corrected chi connectivity index (χ1v) is 6.65. The van der Waals surface area contributed by atoms with Crippen LogP contribution in [0.4, 0.5) is 0 Å². The smallest absolute Gasteiger partial charge is 0.0598 e. The van der Waals surface area contributed by atoms with E-state index in [4.69, 9.17) is 0 Å². The van der Waals surface area contributed by atoms with Crippen LogP contribution in [0.15, 0.2) is 0 Å². The van der Waals surface area contributed by atoms with E-state index >= 15 is 0 Å². The van der Waals surface area contributed by atoms with Crippen LogP contribution in [-0.2, 0) is 0 Å². The summed E-state index contributed by atoms with van der Waals surface area (Å²) in [7, 11) is 0. The van der Waals surface area contributed by atoms with Gasteiger partial charge in [0.25, 0.3) is 0 Å². The van der Waals surface area contributed by atoms with Gasteiger partial charge in [0.15, 0.2) is 0 Å². The third kappa shape index (κ3) is 2.05. The SMILES string of the molecule is C1CNC(N2CCC(N3CCCC3)C2)C1. The van der Waals surface area contributed by atoms with Gasteiger partial charge in [0.05, 0.1) is 6.17 Å². The van der Waals surface area contributed by atoms with Crippen molar-refractivity contribution in [2.75, 3.05) is 32.7 Å². The molecule has 3 aliphatic heterocycles. The summed E-state index contributed by atoms with van der Waals surface area (Å²) in [5, 5.41) is 3.62. The Kier molecular flexibility index (Phi) is 2.95. The molecule has 0 aromatic carbocycles. The Morgan fingerprint density at radius 2 is 1.73 bits per heavy atom. The summed E-state index contributed by atoms with van der Waals surface area (Å²) in [6.07, 6.45) is 7.70. The van der Waals surface area contributed by atoms with Crippen LogP contribution in [0.5, 0.6) is 0 Å². The Labute approximate surface area is 92.8 Å². The van der Waals surface area contributed by atoms with Crippen molar-refractivity contribution < 1.29 is 0 Å². The normalized spacial score (nSPS) is 39.2. The Hall–Kier alpha value is -0.120. The molecule has 2 unspecified atom stereocenters. The van der Waals surface area contributed by atoms with Gasteiger partial charge >= 0.3 is 0 Å². The quantitative estimate of drug-likeness (QED) is 0.728. The minimum Gasteiger partial charge on any atom is -0.302 e. The Morgan fingerprint density at radius 3 is 2.47 bits per heavy atom. The van der Waals surface area contributed by atoms with Gasteiger partial charge in [-0.25, -0.2) is 0 Å². The third-order valence-electron chi connectivity index (χ3n) is 4.33. The summed E-state index contributed by atoms with van der Waals surface area (Å²) in [5.41, 5.74) is 0. The second-order valence-corrected chi connectivity index (χ2v) is 5.29. The molecular weight excluding hydrogens is 186 g/mol. The molecule has 0 amide bonds. The van der Waals surface area contributed by atoms with Gasteiger partial charge in [0.1, 0.15) is 0 Å². The highest BCUT2D eigenvalue weighted by molar-refractivity contribution is 4.89. The lowest BCUT2D eigenvalue weighted by Crippen LogP contribution is -2.42. The van der Waals surface area contributed by atoms with Crippen LogP contribution in [0.2, 0.25) is 0 Å². The predicted octanol–water partition coefficient (Wildman–Crippen LogP) is 0.866. The topological polar surface area (TPSA) is 18.5 Å². The van der Waals surface area contributed by atoms with E-state index in [-0.39, 0.29) is 0 Å². The first-order valence-electron chi connectivity index (χ1n) is 6.65. The molecule has 3 rings (SSSR count). The molecule has 3 saturated heterocycles. The van der Waals surface area contributed by atoms with Gasteiger partial charge in [-0.05, 0) is 51.7 Å². The fourth-order valence-corrected chi connectivity index (χ4v) is 3.43. The van der Waals surface area contributed by atoms with Crippen molar-refractivity contribution in [3.63, 3.8) is 0 Å². The molecular formula is C12H23N3. The summed E-state index contributed by atoms with van der Waals surface area (Å²) in [5.74, 6) is 0. The zero-order valence-corrected chi connectivity index (χ0v) is 9.62. The van der Waals surface area contributed by atoms with Gasteiger partial charge < -0.3 is 5.32 Å². The van der Waals surface area contributed by atoms with Crippen LogP contribution in [0.25, 0.3) is 0 Å². The number of likely N-dealkylation sites (tertiary alicyclic amines) is 2. The molecule has 3 fully saturated rings. The van der Waals surface area contributed by atoms with Gasteiger partial charge in [0.2, 0.25) is 0 Å². The van der Waals surface area contributed by atoms with Crippen molar-refractivity contribution in [3.05, 3.63) is 0 Å². The number of hydrogen-bond acceptors (Lipinski definition) is 3. The van der Waals surface area contributed by atoms with E-state index in [2.05, 4.69) is 15.1 Å². The van der Waals surface area contributed by atoms with Gasteiger partial charge in [-0.15, -0.1) is 0 Å². The molecule has 15 heavy (non-hydrogen) atoms. The Bertz CT molecular complexity index is 185. The summed E-state index contributed by atoms with van der Waals surface area (Å²) in [4.78, 5) is 5.39. The van der Waals surface area contributed by atoms with Gasteiger partial charge in [-0.1, -0.05) is 0 Å². The predicted molar refractivity (Wildman–Crippen MR) is 61.8 cm³/mol. The van der Waals surface area contributed by atoms with Crippen LogP contribution in [0.3, 0.4) is 0 Å². The standard InChI is InChI=1S/C12H23N3/c1-2-8-14(7-1)11-5-9-15(10-11)12-4-3-6-13-12/h11-13H,1-10H2. The molecule has 0 aromatic heterocycles. The first kappa shape index (κ1) is 10.1. The van der Waals surface area contributed by atoms with Crippen molar-refractivity contribution in [2.45, 2.75) is 44.3 Å². The maximum Gasteiger partial charge on any atom is 0.0598 e. The number of nitrogens with one attached hydrogen (secondary N) is 1. The lowest BCUT2D eigenvalue weighted by molar-refractivity contribution is 0.189. The monoisotopic (exact) mass is 209 g/mol. The Morgan fingerprint density at radius 1 is 0.867 bits per heavy atom. The molecule has 0 spiro atoms. The van der Waals surface area contributed by atoms with Crippen LogP contribution >= 0.6 is 0 Å². The maximum atomic E-state index is 3.62. The molecule has 3 nitrogen and oxygen atoms in total. The summed E-state index contributed by atoms with van der Waals surface area (Å²) >= 11 is 0. The Balaban J connectivity index is 1.53. The van der Waals surface area contributed by atoms with Crippen LogP contribution in [-0.4, -0.2) is 54.7 Å². The lowest BCUT2D eigenvalue weighted by Gasteiger charge is -2.26. The fourth-order valence-electron chi connectivity index (χ4n) is 3.43. The second-order valence-electron chi connectivity index (χ2n) is 5.29. The average Bonchev–Trinajstić information content (AvgIpc) is 3.02. The van der Waals surface area contributed by atoms with Crippen LogP contribution in [0, 0.1) is 0 Å². The van der Waals surface area contributed by atoms with Crippen molar-refractivity contribution in [3.8, 4) is 0 Å². The van der Waals surface area contributed by atoms with Crippen molar-refractivity contribution in [1.82, 2.24) is 15.1 Å². The molecule has 0 bridgehead atoms. The molecule has 0 aromatic rings. The largest absolute Gasteiger partial charge is 0.302 e. The molecule has 3 aliphatic rings. The molecule has 86 valence electrons. The first-order chi connectivity index (χ1) is 7.43. The van der Waals surface area contributed by atoms with E-state index in [0.717, 1.165) is 6.04 Å². The molecule has 0 saturated carbocycles. The van der Waals surface area contributed by atoms with E-state index in [9.17, 15) is 0 Å². The minimum atomic E-state index is 0.706. The highest BCUT2D eigenvalue weighted by Crippen LogP contribution is 2.23. The van der Waals surface area contributed by atoms with E-state index in [1.165, 1.54) is 64.8 Å².